The first kappa shape index (κ1) is 14.3. The zero-order valence-corrected chi connectivity index (χ0v) is 12.8. The van der Waals surface area contributed by atoms with Crippen LogP contribution in [0.2, 0.25) is 0 Å². The number of piperidine rings is 1. The van der Waals surface area contributed by atoms with Gasteiger partial charge < -0.3 is 10.2 Å². The van der Waals surface area contributed by atoms with Crippen molar-refractivity contribution in [2.45, 2.75) is 24.8 Å². The molecule has 4 nitrogen and oxygen atoms in total. The summed E-state index contributed by atoms with van der Waals surface area (Å²) in [5.41, 5.74) is 2.07. The lowest BCUT2D eigenvalue weighted by atomic mass is 9.74. The van der Waals surface area contributed by atoms with Gasteiger partial charge in [-0.1, -0.05) is 6.07 Å². The van der Waals surface area contributed by atoms with Gasteiger partial charge in [-0.25, -0.2) is 4.39 Å². The van der Waals surface area contributed by atoms with Gasteiger partial charge in [-0.15, -0.1) is 0 Å². The van der Waals surface area contributed by atoms with Crippen molar-refractivity contribution in [2.24, 2.45) is 0 Å². The van der Waals surface area contributed by atoms with E-state index in [1.54, 1.807) is 29.4 Å². The number of carbonyl (C=O) groups excluding carboxylic acids is 1. The fourth-order valence-corrected chi connectivity index (χ4v) is 3.78. The van der Waals surface area contributed by atoms with Crippen molar-refractivity contribution in [1.29, 1.82) is 0 Å². The quantitative estimate of drug-likeness (QED) is 0.926. The molecular formula is C18H18FN3O. The average Bonchev–Trinajstić information content (AvgIpc) is 2.79. The minimum absolute atomic E-state index is 0.0865. The fourth-order valence-electron chi connectivity index (χ4n) is 3.78. The van der Waals surface area contributed by atoms with Crippen LogP contribution in [0.25, 0.3) is 0 Å². The van der Waals surface area contributed by atoms with Gasteiger partial charge in [-0.3, -0.25) is 9.78 Å². The van der Waals surface area contributed by atoms with E-state index in [2.05, 4.69) is 10.3 Å². The van der Waals surface area contributed by atoms with Gasteiger partial charge in [0.2, 0.25) is 5.91 Å². The number of nitrogens with one attached hydrogen (secondary N) is 1. The molecule has 2 aromatic rings. The number of benzene rings is 1. The number of hydrogen-bond donors (Lipinski definition) is 1. The Hall–Kier alpha value is -2.27. The SMILES string of the molecule is O=C1N(Cc2cccnc2)c2ccc(F)cc2C12CCNCC2. The molecule has 1 saturated heterocycles. The molecule has 23 heavy (non-hydrogen) atoms. The first-order valence-corrected chi connectivity index (χ1v) is 7.92. The van der Waals surface area contributed by atoms with Crippen LogP contribution in [0.4, 0.5) is 10.1 Å². The predicted molar refractivity (Wildman–Crippen MR) is 85.6 cm³/mol. The standard InChI is InChI=1S/C18H18FN3O/c19-14-3-4-16-15(10-14)18(5-8-20-9-6-18)17(23)22(16)12-13-2-1-7-21-11-13/h1-4,7,10-11,20H,5-6,8-9,12H2. The van der Waals surface area contributed by atoms with Crippen LogP contribution in [0.1, 0.15) is 24.0 Å². The van der Waals surface area contributed by atoms with E-state index in [0.29, 0.717) is 19.4 Å². The molecular weight excluding hydrogens is 293 g/mol. The fraction of sp³-hybridized carbons (Fsp3) is 0.333. The highest BCUT2D eigenvalue weighted by molar-refractivity contribution is 6.08. The molecule has 5 heteroatoms. The van der Waals surface area contributed by atoms with Crippen molar-refractivity contribution in [3.63, 3.8) is 0 Å². The molecule has 4 rings (SSSR count). The summed E-state index contributed by atoms with van der Waals surface area (Å²) >= 11 is 0. The summed E-state index contributed by atoms with van der Waals surface area (Å²) in [7, 11) is 0. The van der Waals surface area contributed by atoms with Crippen LogP contribution in [-0.4, -0.2) is 24.0 Å². The number of halogens is 1. The molecule has 0 unspecified atom stereocenters. The zero-order valence-electron chi connectivity index (χ0n) is 12.8. The van der Waals surface area contributed by atoms with Crippen molar-refractivity contribution < 1.29 is 9.18 Å². The molecule has 118 valence electrons. The highest BCUT2D eigenvalue weighted by Gasteiger charge is 2.51. The Bertz CT molecular complexity index is 741. The molecule has 3 heterocycles. The van der Waals surface area contributed by atoms with E-state index < -0.39 is 5.41 Å². The number of carbonyl (C=O) groups is 1. The second-order valence-electron chi connectivity index (χ2n) is 6.25. The number of pyridine rings is 1. The normalized spacial score (nSPS) is 19.2. The third kappa shape index (κ3) is 2.23. The first-order valence-electron chi connectivity index (χ1n) is 7.92. The Kier molecular flexibility index (Phi) is 3.38. The zero-order chi connectivity index (χ0) is 15.9. The van der Waals surface area contributed by atoms with Crippen molar-refractivity contribution in [2.75, 3.05) is 18.0 Å². The summed E-state index contributed by atoms with van der Waals surface area (Å²) in [6.45, 7) is 2.03. The molecule has 1 spiro atoms. The number of hydrogen-bond acceptors (Lipinski definition) is 3. The molecule has 2 aliphatic rings. The highest BCUT2D eigenvalue weighted by atomic mass is 19.1. The molecule has 2 aliphatic heterocycles. The number of nitrogens with zero attached hydrogens (tertiary/aromatic N) is 2. The number of rotatable bonds is 2. The lowest BCUT2D eigenvalue weighted by molar-refractivity contribution is -0.124. The molecule has 1 aromatic heterocycles. The summed E-state index contributed by atoms with van der Waals surface area (Å²) < 4.78 is 13.8. The van der Waals surface area contributed by atoms with Crippen LogP contribution in [0.5, 0.6) is 0 Å². The maximum absolute atomic E-state index is 13.8. The van der Waals surface area contributed by atoms with E-state index in [-0.39, 0.29) is 11.7 Å². The van der Waals surface area contributed by atoms with Gasteiger partial charge in [0, 0.05) is 18.1 Å². The van der Waals surface area contributed by atoms with E-state index in [4.69, 9.17) is 0 Å². The Balaban J connectivity index is 1.78. The van der Waals surface area contributed by atoms with Crippen LogP contribution >= 0.6 is 0 Å². The minimum atomic E-state index is -0.578. The van der Waals surface area contributed by atoms with Crippen LogP contribution in [0, 0.1) is 5.82 Å². The van der Waals surface area contributed by atoms with E-state index in [1.807, 2.05) is 12.1 Å². The van der Waals surface area contributed by atoms with Gasteiger partial charge in [0.15, 0.2) is 0 Å². The smallest absolute Gasteiger partial charge is 0.238 e. The van der Waals surface area contributed by atoms with Crippen molar-refractivity contribution in [3.8, 4) is 0 Å². The predicted octanol–water partition coefficient (Wildman–Crippen LogP) is 2.39. The summed E-state index contributed by atoms with van der Waals surface area (Å²) in [6.07, 6.45) is 4.91. The van der Waals surface area contributed by atoms with Crippen molar-refractivity contribution >= 4 is 11.6 Å². The third-order valence-electron chi connectivity index (χ3n) is 4.94. The summed E-state index contributed by atoms with van der Waals surface area (Å²) in [4.78, 5) is 19.1. The third-order valence-corrected chi connectivity index (χ3v) is 4.94. The largest absolute Gasteiger partial charge is 0.317 e. The van der Waals surface area contributed by atoms with E-state index in [0.717, 1.165) is 29.9 Å². The van der Waals surface area contributed by atoms with Crippen LogP contribution in [0.3, 0.4) is 0 Å². The molecule has 1 amide bonds. The van der Waals surface area contributed by atoms with Crippen LogP contribution in [0.15, 0.2) is 42.7 Å². The van der Waals surface area contributed by atoms with Gasteiger partial charge in [0.05, 0.1) is 12.0 Å². The van der Waals surface area contributed by atoms with Crippen LogP contribution < -0.4 is 10.2 Å². The van der Waals surface area contributed by atoms with E-state index in [9.17, 15) is 9.18 Å². The Morgan fingerprint density at radius 3 is 2.83 bits per heavy atom. The molecule has 0 radical (unpaired) electrons. The first-order chi connectivity index (χ1) is 11.2. The second kappa shape index (κ2) is 5.42. The van der Waals surface area contributed by atoms with Crippen LogP contribution in [-0.2, 0) is 16.8 Å². The number of aromatic nitrogens is 1. The minimum Gasteiger partial charge on any atom is -0.317 e. The monoisotopic (exact) mass is 311 g/mol. The van der Waals surface area contributed by atoms with Crippen molar-refractivity contribution in [3.05, 3.63) is 59.7 Å². The molecule has 1 fully saturated rings. The van der Waals surface area contributed by atoms with Gasteiger partial charge in [-0.05, 0) is 61.3 Å². The van der Waals surface area contributed by atoms with Gasteiger partial charge >= 0.3 is 0 Å². The molecule has 0 aliphatic carbocycles. The lowest BCUT2D eigenvalue weighted by Gasteiger charge is -2.33. The average molecular weight is 311 g/mol. The van der Waals surface area contributed by atoms with E-state index >= 15 is 0 Å². The molecule has 0 bridgehead atoms. The molecule has 1 N–H and O–H groups in total. The molecule has 0 atom stereocenters. The Morgan fingerprint density at radius 1 is 1.26 bits per heavy atom. The second-order valence-corrected chi connectivity index (χ2v) is 6.25. The number of amides is 1. The maximum atomic E-state index is 13.8. The maximum Gasteiger partial charge on any atom is 0.238 e. The molecule has 0 saturated carbocycles. The topological polar surface area (TPSA) is 45.2 Å². The number of anilines is 1. The Morgan fingerprint density at radius 2 is 2.09 bits per heavy atom. The van der Waals surface area contributed by atoms with Gasteiger partial charge in [-0.2, -0.15) is 0 Å². The van der Waals surface area contributed by atoms with Crippen molar-refractivity contribution in [1.82, 2.24) is 10.3 Å². The number of fused-ring (bicyclic) bond motifs is 2. The van der Waals surface area contributed by atoms with Gasteiger partial charge in [0.25, 0.3) is 0 Å². The highest BCUT2D eigenvalue weighted by Crippen LogP contribution is 2.47. The summed E-state index contributed by atoms with van der Waals surface area (Å²) in [6, 6.07) is 8.53. The summed E-state index contributed by atoms with van der Waals surface area (Å²) in [5.74, 6) is -0.193. The van der Waals surface area contributed by atoms with E-state index in [1.165, 1.54) is 6.07 Å². The molecule has 1 aromatic carbocycles. The lowest BCUT2D eigenvalue weighted by Crippen LogP contribution is -2.47. The summed E-state index contributed by atoms with van der Waals surface area (Å²) in [5, 5.41) is 3.29. The Labute approximate surface area is 134 Å². The van der Waals surface area contributed by atoms with Gasteiger partial charge in [0.1, 0.15) is 5.82 Å².